The van der Waals surface area contributed by atoms with Gasteiger partial charge in [0.15, 0.2) is 0 Å². The normalized spacial score (nSPS) is 11.7. The minimum Gasteiger partial charge on any atom is -0.330 e. The van der Waals surface area contributed by atoms with Gasteiger partial charge in [-0.2, -0.15) is 5.26 Å². The molecule has 1 rings (SSSR count). The molecule has 0 heterocycles. The quantitative estimate of drug-likeness (QED) is 0.859. The molecule has 1 unspecified atom stereocenters. The Morgan fingerprint density at radius 2 is 2.33 bits per heavy atom. The Labute approximate surface area is 112 Å². The number of hydrogen-bond acceptors (Lipinski definition) is 3. The van der Waals surface area contributed by atoms with E-state index in [-0.39, 0.29) is 11.8 Å². The minimum atomic E-state index is -0.147. The van der Waals surface area contributed by atoms with Crippen molar-refractivity contribution in [1.82, 2.24) is 0 Å². The van der Waals surface area contributed by atoms with E-state index in [1.807, 2.05) is 13.0 Å². The standard InChI is InChI=1S/C13H16ClN3O/c1-2-9(7-15)5-13(18)17-12-6-11(14)4-3-10(12)8-16/h3-4,6,9H,2,5,7,15H2,1H3,(H,17,18). The fourth-order valence-corrected chi connectivity index (χ4v) is 1.75. The first-order chi connectivity index (χ1) is 8.60. The van der Waals surface area contributed by atoms with Gasteiger partial charge in [0.1, 0.15) is 6.07 Å². The molecule has 0 spiro atoms. The van der Waals surface area contributed by atoms with Crippen molar-refractivity contribution in [3.8, 4) is 6.07 Å². The van der Waals surface area contributed by atoms with Gasteiger partial charge in [-0.15, -0.1) is 0 Å². The summed E-state index contributed by atoms with van der Waals surface area (Å²) in [7, 11) is 0. The lowest BCUT2D eigenvalue weighted by Crippen LogP contribution is -2.22. The molecule has 1 aromatic rings. The van der Waals surface area contributed by atoms with Gasteiger partial charge in [0, 0.05) is 11.4 Å². The topological polar surface area (TPSA) is 78.9 Å². The van der Waals surface area contributed by atoms with Crippen LogP contribution in [0.3, 0.4) is 0 Å². The van der Waals surface area contributed by atoms with Crippen molar-refractivity contribution >= 4 is 23.2 Å². The van der Waals surface area contributed by atoms with Gasteiger partial charge in [0.2, 0.25) is 5.91 Å². The Morgan fingerprint density at radius 1 is 1.61 bits per heavy atom. The van der Waals surface area contributed by atoms with E-state index in [4.69, 9.17) is 22.6 Å². The Morgan fingerprint density at radius 3 is 2.89 bits per heavy atom. The maximum absolute atomic E-state index is 11.8. The van der Waals surface area contributed by atoms with E-state index >= 15 is 0 Å². The van der Waals surface area contributed by atoms with Crippen LogP contribution in [0.2, 0.25) is 5.02 Å². The molecule has 3 N–H and O–H groups in total. The first-order valence-corrected chi connectivity index (χ1v) is 6.18. The van der Waals surface area contributed by atoms with Crippen LogP contribution >= 0.6 is 11.6 Å². The van der Waals surface area contributed by atoms with Crippen LogP contribution in [0.4, 0.5) is 5.69 Å². The van der Waals surface area contributed by atoms with E-state index in [0.717, 1.165) is 6.42 Å². The zero-order chi connectivity index (χ0) is 13.5. The maximum Gasteiger partial charge on any atom is 0.224 e. The van der Waals surface area contributed by atoms with Crippen LogP contribution in [0.25, 0.3) is 0 Å². The lowest BCUT2D eigenvalue weighted by molar-refractivity contribution is -0.117. The molecule has 18 heavy (non-hydrogen) atoms. The maximum atomic E-state index is 11.8. The number of hydrogen-bond donors (Lipinski definition) is 2. The highest BCUT2D eigenvalue weighted by atomic mass is 35.5. The van der Waals surface area contributed by atoms with Crippen molar-refractivity contribution in [3.63, 3.8) is 0 Å². The van der Waals surface area contributed by atoms with Gasteiger partial charge >= 0.3 is 0 Å². The lowest BCUT2D eigenvalue weighted by Gasteiger charge is -2.12. The number of anilines is 1. The molecule has 5 heteroatoms. The van der Waals surface area contributed by atoms with Crippen molar-refractivity contribution in [1.29, 1.82) is 5.26 Å². The van der Waals surface area contributed by atoms with Gasteiger partial charge < -0.3 is 11.1 Å². The van der Waals surface area contributed by atoms with Crippen LogP contribution in [0.1, 0.15) is 25.3 Å². The zero-order valence-corrected chi connectivity index (χ0v) is 11.0. The summed E-state index contributed by atoms with van der Waals surface area (Å²) in [6, 6.07) is 6.78. The van der Waals surface area contributed by atoms with Crippen molar-refractivity contribution < 1.29 is 4.79 Å². The molecule has 1 aromatic carbocycles. The molecule has 0 saturated carbocycles. The molecule has 0 aromatic heterocycles. The summed E-state index contributed by atoms with van der Waals surface area (Å²) in [5, 5.41) is 12.1. The monoisotopic (exact) mass is 265 g/mol. The molecule has 0 fully saturated rings. The summed E-state index contributed by atoms with van der Waals surface area (Å²) in [6.45, 7) is 2.47. The van der Waals surface area contributed by atoms with Crippen LogP contribution in [0.15, 0.2) is 18.2 Å². The second-order valence-corrected chi connectivity index (χ2v) is 4.50. The van der Waals surface area contributed by atoms with Gasteiger partial charge in [-0.25, -0.2) is 0 Å². The minimum absolute atomic E-state index is 0.147. The SMILES string of the molecule is CCC(CN)CC(=O)Nc1cc(Cl)ccc1C#N. The van der Waals surface area contributed by atoms with E-state index in [0.29, 0.717) is 29.2 Å². The van der Waals surface area contributed by atoms with Gasteiger partial charge in [0.25, 0.3) is 0 Å². The highest BCUT2D eigenvalue weighted by Gasteiger charge is 2.12. The van der Waals surface area contributed by atoms with E-state index in [9.17, 15) is 4.79 Å². The number of carbonyl (C=O) groups is 1. The predicted molar refractivity (Wildman–Crippen MR) is 72.2 cm³/mol. The van der Waals surface area contributed by atoms with Crippen molar-refractivity contribution in [2.75, 3.05) is 11.9 Å². The van der Waals surface area contributed by atoms with E-state index in [2.05, 4.69) is 5.32 Å². The third-order valence-corrected chi connectivity index (χ3v) is 3.00. The Hall–Kier alpha value is -1.57. The summed E-state index contributed by atoms with van der Waals surface area (Å²) in [4.78, 5) is 11.8. The van der Waals surface area contributed by atoms with E-state index < -0.39 is 0 Å². The molecule has 1 amide bonds. The number of nitrogens with one attached hydrogen (secondary N) is 1. The summed E-state index contributed by atoms with van der Waals surface area (Å²) < 4.78 is 0. The van der Waals surface area contributed by atoms with Crippen LogP contribution in [-0.2, 0) is 4.79 Å². The molecule has 1 atom stereocenters. The lowest BCUT2D eigenvalue weighted by atomic mass is 10.0. The van der Waals surface area contributed by atoms with Gasteiger partial charge in [0.05, 0.1) is 11.3 Å². The molecule has 0 saturated heterocycles. The predicted octanol–water partition coefficient (Wildman–Crippen LogP) is 2.53. The fourth-order valence-electron chi connectivity index (χ4n) is 1.58. The third kappa shape index (κ3) is 4.02. The third-order valence-electron chi connectivity index (χ3n) is 2.76. The van der Waals surface area contributed by atoms with Crippen LogP contribution in [0.5, 0.6) is 0 Å². The smallest absolute Gasteiger partial charge is 0.224 e. The summed E-state index contributed by atoms with van der Waals surface area (Å²) in [6.07, 6.45) is 1.20. The van der Waals surface area contributed by atoms with Gasteiger partial charge in [-0.3, -0.25) is 4.79 Å². The van der Waals surface area contributed by atoms with Gasteiger partial charge in [-0.1, -0.05) is 24.9 Å². The number of benzene rings is 1. The fraction of sp³-hybridized carbons (Fsp3) is 0.385. The van der Waals surface area contributed by atoms with Crippen LogP contribution < -0.4 is 11.1 Å². The number of amides is 1. The largest absolute Gasteiger partial charge is 0.330 e. The van der Waals surface area contributed by atoms with Crippen molar-refractivity contribution in [3.05, 3.63) is 28.8 Å². The van der Waals surface area contributed by atoms with E-state index in [1.54, 1.807) is 18.2 Å². The number of halogens is 1. The van der Waals surface area contributed by atoms with Crippen molar-refractivity contribution in [2.24, 2.45) is 11.7 Å². The van der Waals surface area contributed by atoms with Crippen LogP contribution in [-0.4, -0.2) is 12.5 Å². The summed E-state index contributed by atoms with van der Waals surface area (Å²) in [5.41, 5.74) is 6.39. The van der Waals surface area contributed by atoms with Crippen molar-refractivity contribution in [2.45, 2.75) is 19.8 Å². The summed E-state index contributed by atoms with van der Waals surface area (Å²) >= 11 is 5.84. The molecule has 0 aliphatic heterocycles. The first-order valence-electron chi connectivity index (χ1n) is 5.80. The number of nitrogens with two attached hydrogens (primary N) is 1. The Kier molecular flexibility index (Phi) is 5.63. The molecule has 0 aliphatic carbocycles. The number of nitriles is 1. The average molecular weight is 266 g/mol. The highest BCUT2D eigenvalue weighted by molar-refractivity contribution is 6.31. The second kappa shape index (κ2) is 7.00. The molecule has 0 bridgehead atoms. The number of nitrogens with zero attached hydrogens (tertiary/aromatic N) is 1. The Balaban J connectivity index is 2.75. The molecule has 96 valence electrons. The summed E-state index contributed by atoms with van der Waals surface area (Å²) in [5.74, 6) is 0.0146. The average Bonchev–Trinajstić information content (AvgIpc) is 2.36. The van der Waals surface area contributed by atoms with Crippen LogP contribution in [0, 0.1) is 17.2 Å². The number of rotatable bonds is 5. The first kappa shape index (κ1) is 14.5. The molecule has 0 aliphatic rings. The molecule has 4 nitrogen and oxygen atoms in total. The molecular formula is C13H16ClN3O. The highest BCUT2D eigenvalue weighted by Crippen LogP contribution is 2.21. The van der Waals surface area contributed by atoms with Gasteiger partial charge in [-0.05, 0) is 30.7 Å². The molecular weight excluding hydrogens is 250 g/mol. The molecule has 0 radical (unpaired) electrons. The number of carbonyl (C=O) groups excluding carboxylic acids is 1. The zero-order valence-electron chi connectivity index (χ0n) is 10.2. The van der Waals surface area contributed by atoms with E-state index in [1.165, 1.54) is 0 Å². The Bertz CT molecular complexity index is 464. The second-order valence-electron chi connectivity index (χ2n) is 4.06.